The molecule has 1 N–H and O–H groups in total. The number of oxime groups is 1. The Kier molecular flexibility index (Phi) is 4.19. The van der Waals surface area contributed by atoms with Crippen molar-refractivity contribution < 1.29 is 10.0 Å². The number of ketones is 1. The third-order valence-corrected chi connectivity index (χ3v) is 3.68. The summed E-state index contributed by atoms with van der Waals surface area (Å²) in [5.74, 6) is -0.200. The molecule has 0 bridgehead atoms. The van der Waals surface area contributed by atoms with Crippen LogP contribution in [0.1, 0.15) is 29.6 Å². The molecule has 18 heavy (non-hydrogen) atoms. The van der Waals surface area contributed by atoms with Crippen LogP contribution in [0, 0.1) is 0 Å². The van der Waals surface area contributed by atoms with Crippen molar-refractivity contribution in [3.05, 3.63) is 44.9 Å². The van der Waals surface area contributed by atoms with Crippen LogP contribution in [0.25, 0.3) is 0 Å². The van der Waals surface area contributed by atoms with Crippen LogP contribution in [0.5, 0.6) is 0 Å². The third-order valence-electron chi connectivity index (χ3n) is 2.80. The number of nitrogens with zero attached hydrogens (tertiary/aromatic N) is 1. The van der Waals surface area contributed by atoms with E-state index in [0.29, 0.717) is 34.7 Å². The molecule has 1 aromatic rings. The second-order valence-corrected chi connectivity index (χ2v) is 5.39. The van der Waals surface area contributed by atoms with E-state index in [0.717, 1.165) is 10.9 Å². The summed E-state index contributed by atoms with van der Waals surface area (Å²) in [5.41, 5.74) is 1.24. The Morgan fingerprint density at radius 3 is 2.83 bits per heavy atom. The highest BCUT2D eigenvalue weighted by atomic mass is 79.9. The molecule has 1 aliphatic rings. The maximum atomic E-state index is 12.4. The van der Waals surface area contributed by atoms with Crippen LogP contribution in [0.4, 0.5) is 0 Å². The van der Waals surface area contributed by atoms with Crippen molar-refractivity contribution in [1.82, 2.24) is 0 Å². The summed E-state index contributed by atoms with van der Waals surface area (Å²) in [6, 6.07) is 7.07. The van der Waals surface area contributed by atoms with Crippen molar-refractivity contribution in [2.75, 3.05) is 0 Å². The summed E-state index contributed by atoms with van der Waals surface area (Å²) >= 11 is 9.42. The van der Waals surface area contributed by atoms with Gasteiger partial charge < -0.3 is 5.21 Å². The van der Waals surface area contributed by atoms with Gasteiger partial charge in [-0.15, -0.1) is 0 Å². The minimum absolute atomic E-state index is 0.200. The highest BCUT2D eigenvalue weighted by molar-refractivity contribution is 9.10. The van der Waals surface area contributed by atoms with E-state index in [4.69, 9.17) is 16.8 Å². The molecule has 0 heterocycles. The first kappa shape index (κ1) is 13.3. The van der Waals surface area contributed by atoms with Crippen LogP contribution in [0.2, 0.25) is 0 Å². The van der Waals surface area contributed by atoms with Gasteiger partial charge in [-0.05, 0) is 31.4 Å². The second-order valence-electron chi connectivity index (χ2n) is 4.02. The maximum Gasteiger partial charge on any atom is 0.196 e. The van der Waals surface area contributed by atoms with E-state index >= 15 is 0 Å². The molecule has 0 fully saturated rings. The number of hydrogen-bond donors (Lipinski definition) is 1. The molecule has 0 saturated heterocycles. The highest BCUT2D eigenvalue weighted by Gasteiger charge is 2.25. The summed E-state index contributed by atoms with van der Waals surface area (Å²) in [5, 5.41) is 12.6. The van der Waals surface area contributed by atoms with Gasteiger partial charge in [0.25, 0.3) is 0 Å². The number of carbonyl (C=O) groups is 1. The molecule has 1 aromatic carbocycles. The van der Waals surface area contributed by atoms with E-state index in [1.54, 1.807) is 18.2 Å². The number of allylic oxidation sites excluding steroid dienone is 2. The summed E-state index contributed by atoms with van der Waals surface area (Å²) in [4.78, 5) is 12.4. The number of hydrogen-bond acceptors (Lipinski definition) is 3. The first-order valence-electron chi connectivity index (χ1n) is 5.53. The number of Topliss-reactive ketones (excluding diaryl/α,β-unsaturated/α-hetero) is 1. The van der Waals surface area contributed by atoms with Gasteiger partial charge in [-0.25, -0.2) is 0 Å². The maximum absolute atomic E-state index is 12.4. The molecule has 3 nitrogen and oxygen atoms in total. The minimum Gasteiger partial charge on any atom is -0.411 e. The van der Waals surface area contributed by atoms with Gasteiger partial charge >= 0.3 is 0 Å². The van der Waals surface area contributed by atoms with Crippen molar-refractivity contribution in [3.63, 3.8) is 0 Å². The fourth-order valence-corrected chi connectivity index (χ4v) is 2.67. The lowest BCUT2D eigenvalue weighted by atomic mass is 9.91. The Labute approximate surface area is 118 Å². The zero-order valence-corrected chi connectivity index (χ0v) is 11.8. The van der Waals surface area contributed by atoms with Crippen molar-refractivity contribution >= 4 is 39.0 Å². The quantitative estimate of drug-likeness (QED) is 0.504. The van der Waals surface area contributed by atoms with Gasteiger partial charge in [-0.3, -0.25) is 4.79 Å². The summed E-state index contributed by atoms with van der Waals surface area (Å²) in [7, 11) is 0. The molecule has 94 valence electrons. The van der Waals surface area contributed by atoms with Gasteiger partial charge in [-0.2, -0.15) is 0 Å². The van der Waals surface area contributed by atoms with Gasteiger partial charge in [0.1, 0.15) is 0 Å². The van der Waals surface area contributed by atoms with Gasteiger partial charge in [0.2, 0.25) is 0 Å². The largest absolute Gasteiger partial charge is 0.411 e. The molecule has 1 aliphatic carbocycles. The van der Waals surface area contributed by atoms with Crippen LogP contribution < -0.4 is 0 Å². The average molecular weight is 329 g/mol. The van der Waals surface area contributed by atoms with Crippen LogP contribution in [0.15, 0.2) is 44.5 Å². The van der Waals surface area contributed by atoms with E-state index in [1.807, 2.05) is 6.07 Å². The smallest absolute Gasteiger partial charge is 0.196 e. The standard InChI is InChI=1S/C13H11BrClNO2/c14-9-4-1-3-8(7-9)13(17)12-10(15)5-2-6-11(12)16-18/h1,3-4,7,18H,2,5-6H2/b16-11+. The van der Waals surface area contributed by atoms with Gasteiger partial charge in [-0.1, -0.05) is 44.8 Å². The van der Waals surface area contributed by atoms with Gasteiger partial charge in [0.15, 0.2) is 5.78 Å². The van der Waals surface area contributed by atoms with Crippen LogP contribution >= 0.6 is 27.5 Å². The van der Waals surface area contributed by atoms with Gasteiger partial charge in [0, 0.05) is 15.1 Å². The van der Waals surface area contributed by atoms with Crippen molar-refractivity contribution in [2.45, 2.75) is 19.3 Å². The average Bonchev–Trinajstić information content (AvgIpc) is 2.37. The van der Waals surface area contributed by atoms with E-state index in [9.17, 15) is 4.79 Å². The Hall–Kier alpha value is -1.13. The summed E-state index contributed by atoms with van der Waals surface area (Å²) in [6.45, 7) is 0. The Morgan fingerprint density at radius 2 is 2.17 bits per heavy atom. The Bertz CT molecular complexity index is 552. The van der Waals surface area contributed by atoms with Crippen LogP contribution in [-0.4, -0.2) is 16.7 Å². The predicted octanol–water partition coefficient (Wildman–Crippen LogP) is 4.14. The number of rotatable bonds is 2. The fraction of sp³-hybridized carbons (Fsp3) is 0.231. The van der Waals surface area contributed by atoms with Crippen molar-refractivity contribution in [3.8, 4) is 0 Å². The SMILES string of the molecule is O=C(C1=C(Cl)CCC/C1=N\O)c1cccc(Br)c1. The Morgan fingerprint density at radius 1 is 1.39 bits per heavy atom. The minimum atomic E-state index is -0.200. The van der Waals surface area contributed by atoms with E-state index in [-0.39, 0.29) is 5.78 Å². The molecule has 0 atom stereocenters. The van der Waals surface area contributed by atoms with E-state index < -0.39 is 0 Å². The predicted molar refractivity (Wildman–Crippen MR) is 74.4 cm³/mol. The molecule has 0 spiro atoms. The number of carbonyl (C=O) groups excluding carboxylic acids is 1. The zero-order valence-electron chi connectivity index (χ0n) is 9.49. The van der Waals surface area contributed by atoms with Crippen LogP contribution in [0.3, 0.4) is 0 Å². The molecule has 0 amide bonds. The Balaban J connectivity index is 2.44. The van der Waals surface area contributed by atoms with Crippen LogP contribution in [-0.2, 0) is 0 Å². The van der Waals surface area contributed by atoms with Crippen molar-refractivity contribution in [2.24, 2.45) is 5.16 Å². The lowest BCUT2D eigenvalue weighted by Crippen LogP contribution is -2.18. The molecule has 2 rings (SSSR count). The normalized spacial score (nSPS) is 18.2. The van der Waals surface area contributed by atoms with Gasteiger partial charge in [0.05, 0.1) is 11.3 Å². The lowest BCUT2D eigenvalue weighted by molar-refractivity contribution is 0.103. The molecular weight excluding hydrogens is 318 g/mol. The lowest BCUT2D eigenvalue weighted by Gasteiger charge is -2.16. The first-order chi connectivity index (χ1) is 8.63. The molecule has 5 heteroatoms. The molecule has 0 radical (unpaired) electrons. The fourth-order valence-electron chi connectivity index (χ4n) is 1.95. The third kappa shape index (κ3) is 2.65. The highest BCUT2D eigenvalue weighted by Crippen LogP contribution is 2.28. The molecule has 0 aromatic heterocycles. The zero-order chi connectivity index (χ0) is 13.1. The van der Waals surface area contributed by atoms with E-state index in [1.165, 1.54) is 0 Å². The molecular formula is C13H11BrClNO2. The molecule has 0 aliphatic heterocycles. The van der Waals surface area contributed by atoms with E-state index in [2.05, 4.69) is 21.1 Å². The summed E-state index contributed by atoms with van der Waals surface area (Å²) < 4.78 is 0.823. The molecule has 0 unspecified atom stereocenters. The second kappa shape index (κ2) is 5.67. The number of benzene rings is 1. The van der Waals surface area contributed by atoms with Crippen molar-refractivity contribution in [1.29, 1.82) is 0 Å². The first-order valence-corrected chi connectivity index (χ1v) is 6.71. The monoisotopic (exact) mass is 327 g/mol. The topological polar surface area (TPSA) is 49.7 Å². The molecule has 0 saturated carbocycles. The number of halogens is 2. The summed E-state index contributed by atoms with van der Waals surface area (Å²) in [6.07, 6.45) is 2.02.